The molecule has 0 radical (unpaired) electrons. The van der Waals surface area contributed by atoms with E-state index in [4.69, 9.17) is 9.47 Å². The molecule has 0 spiro atoms. The average Bonchev–Trinajstić information content (AvgIpc) is 2.87. The molecule has 0 saturated carbocycles. The summed E-state index contributed by atoms with van der Waals surface area (Å²) in [6.07, 6.45) is 4.97. The average molecular weight is 453 g/mol. The molecule has 6 nitrogen and oxygen atoms in total. The molecular formula is C27H36N2O4. The molecule has 3 aliphatic heterocycles. The van der Waals surface area contributed by atoms with Crippen LogP contribution in [0.4, 0.5) is 0 Å². The third-order valence-electron chi connectivity index (χ3n) is 7.25. The quantitative estimate of drug-likeness (QED) is 0.764. The molecule has 6 heteroatoms. The summed E-state index contributed by atoms with van der Waals surface area (Å²) in [6.45, 7) is 4.77. The number of para-hydroxylation sites is 1. The molecule has 178 valence electrons. The molecule has 3 aliphatic rings. The molecule has 3 heterocycles. The number of fused-ring (bicyclic) bond motifs is 9. The van der Waals surface area contributed by atoms with E-state index in [2.05, 4.69) is 17.0 Å². The normalized spacial score (nSPS) is 24.2. The van der Waals surface area contributed by atoms with Crippen LogP contribution in [0.15, 0.2) is 48.5 Å². The van der Waals surface area contributed by atoms with Crippen molar-refractivity contribution in [2.24, 2.45) is 5.41 Å². The standard InChI is InChI=1S/C27H36N2O4/c1-32-24-10-8-22(9-11-24)26(31)29-15-5-4-12-27(21-30)13-16-28(17-14-27)20-23-6-2-3-7-25(23)33-19-18-29/h2-3,6-11,30H,4-5,12-21H2,1H3. The van der Waals surface area contributed by atoms with Gasteiger partial charge < -0.3 is 19.5 Å². The lowest BCUT2D eigenvalue weighted by Crippen LogP contribution is -2.41. The summed E-state index contributed by atoms with van der Waals surface area (Å²) >= 11 is 0. The summed E-state index contributed by atoms with van der Waals surface area (Å²) < 4.78 is 11.4. The number of rotatable bonds is 3. The van der Waals surface area contributed by atoms with Gasteiger partial charge >= 0.3 is 0 Å². The zero-order valence-electron chi connectivity index (χ0n) is 19.7. The van der Waals surface area contributed by atoms with Gasteiger partial charge in [-0.2, -0.15) is 0 Å². The molecule has 5 rings (SSSR count). The summed E-state index contributed by atoms with van der Waals surface area (Å²) in [7, 11) is 1.62. The van der Waals surface area contributed by atoms with Crippen molar-refractivity contribution in [3.63, 3.8) is 0 Å². The highest BCUT2D eigenvalue weighted by atomic mass is 16.5. The molecule has 2 bridgehead atoms. The molecule has 1 amide bonds. The fourth-order valence-electron chi connectivity index (χ4n) is 4.99. The smallest absolute Gasteiger partial charge is 0.253 e. The van der Waals surface area contributed by atoms with E-state index in [9.17, 15) is 9.90 Å². The van der Waals surface area contributed by atoms with Gasteiger partial charge in [0.15, 0.2) is 0 Å². The Hall–Kier alpha value is -2.57. The zero-order valence-corrected chi connectivity index (χ0v) is 19.7. The van der Waals surface area contributed by atoms with Crippen molar-refractivity contribution in [3.8, 4) is 11.5 Å². The minimum Gasteiger partial charge on any atom is -0.497 e. The number of aliphatic hydroxyl groups is 1. The van der Waals surface area contributed by atoms with Crippen molar-refractivity contribution >= 4 is 5.91 Å². The minimum absolute atomic E-state index is 0.0114. The molecule has 1 fully saturated rings. The first kappa shape index (κ1) is 23.6. The molecule has 33 heavy (non-hydrogen) atoms. The molecule has 0 aromatic heterocycles. The monoisotopic (exact) mass is 452 g/mol. The van der Waals surface area contributed by atoms with E-state index < -0.39 is 0 Å². The van der Waals surface area contributed by atoms with E-state index in [1.807, 2.05) is 41.3 Å². The lowest BCUT2D eigenvalue weighted by molar-refractivity contribution is 0.0319. The molecule has 1 saturated heterocycles. The van der Waals surface area contributed by atoms with Gasteiger partial charge in [0.25, 0.3) is 5.91 Å². The first-order valence-corrected chi connectivity index (χ1v) is 12.1. The van der Waals surface area contributed by atoms with Gasteiger partial charge in [0.2, 0.25) is 0 Å². The van der Waals surface area contributed by atoms with Crippen LogP contribution in [0.25, 0.3) is 0 Å². The maximum absolute atomic E-state index is 13.3. The molecule has 0 atom stereocenters. The number of carbonyl (C=O) groups is 1. The number of methoxy groups -OCH3 is 1. The third kappa shape index (κ3) is 5.87. The van der Waals surface area contributed by atoms with Crippen molar-refractivity contribution in [3.05, 3.63) is 59.7 Å². The number of ether oxygens (including phenoxy) is 2. The molecule has 1 N–H and O–H groups in total. The van der Waals surface area contributed by atoms with E-state index in [-0.39, 0.29) is 17.9 Å². The summed E-state index contributed by atoms with van der Waals surface area (Å²) in [6, 6.07) is 15.5. The van der Waals surface area contributed by atoms with Crippen molar-refractivity contribution in [1.82, 2.24) is 9.80 Å². The Kier molecular flexibility index (Phi) is 7.89. The zero-order chi connectivity index (χ0) is 23.1. The fraction of sp³-hybridized carbons (Fsp3) is 0.519. The van der Waals surface area contributed by atoms with E-state index >= 15 is 0 Å². The maximum atomic E-state index is 13.3. The van der Waals surface area contributed by atoms with Crippen LogP contribution < -0.4 is 9.47 Å². The van der Waals surface area contributed by atoms with Crippen LogP contribution >= 0.6 is 0 Å². The molecular weight excluding hydrogens is 416 g/mol. The predicted molar refractivity (Wildman–Crippen MR) is 129 cm³/mol. The minimum atomic E-state index is 0.0114. The van der Waals surface area contributed by atoms with Crippen LogP contribution in [-0.4, -0.2) is 67.3 Å². The highest BCUT2D eigenvalue weighted by molar-refractivity contribution is 5.94. The highest BCUT2D eigenvalue weighted by Crippen LogP contribution is 2.37. The number of carbonyl (C=O) groups excluding carboxylic acids is 1. The second kappa shape index (κ2) is 11.0. The number of nitrogens with zero attached hydrogens (tertiary/aromatic N) is 2. The molecule has 2 aromatic carbocycles. The van der Waals surface area contributed by atoms with Crippen LogP contribution in [0, 0.1) is 5.41 Å². The van der Waals surface area contributed by atoms with Crippen LogP contribution in [0.3, 0.4) is 0 Å². The number of hydrogen-bond acceptors (Lipinski definition) is 5. The molecule has 0 aliphatic carbocycles. The van der Waals surface area contributed by atoms with Crippen LogP contribution in [-0.2, 0) is 6.54 Å². The van der Waals surface area contributed by atoms with Crippen LogP contribution in [0.2, 0.25) is 0 Å². The third-order valence-corrected chi connectivity index (χ3v) is 7.25. The van der Waals surface area contributed by atoms with Gasteiger partial charge in [-0.25, -0.2) is 0 Å². The molecule has 0 unspecified atom stereocenters. The first-order valence-electron chi connectivity index (χ1n) is 12.1. The number of hydrogen-bond donors (Lipinski definition) is 1. The number of aliphatic hydroxyl groups excluding tert-OH is 1. The lowest BCUT2D eigenvalue weighted by Gasteiger charge is -2.41. The van der Waals surface area contributed by atoms with Crippen molar-refractivity contribution in [2.75, 3.05) is 46.5 Å². The van der Waals surface area contributed by atoms with Gasteiger partial charge in [0, 0.05) is 30.8 Å². The SMILES string of the molecule is COc1ccc(C(=O)N2CCCCC3(CO)CCN(CC3)Cc3ccccc3OCC2)cc1. The largest absolute Gasteiger partial charge is 0.497 e. The van der Waals surface area contributed by atoms with Crippen molar-refractivity contribution in [1.29, 1.82) is 0 Å². The predicted octanol–water partition coefficient (Wildman–Crippen LogP) is 3.97. The van der Waals surface area contributed by atoms with Gasteiger partial charge in [-0.05, 0) is 74.5 Å². The Morgan fingerprint density at radius 1 is 1.00 bits per heavy atom. The van der Waals surface area contributed by atoms with Crippen LogP contribution in [0.5, 0.6) is 11.5 Å². The Morgan fingerprint density at radius 3 is 2.48 bits per heavy atom. The summed E-state index contributed by atoms with van der Waals surface area (Å²) in [4.78, 5) is 17.6. The van der Waals surface area contributed by atoms with Gasteiger partial charge in [-0.3, -0.25) is 9.69 Å². The van der Waals surface area contributed by atoms with Gasteiger partial charge in [-0.15, -0.1) is 0 Å². The van der Waals surface area contributed by atoms with Gasteiger partial charge in [0.05, 0.1) is 13.7 Å². The second-order valence-corrected chi connectivity index (χ2v) is 9.37. The lowest BCUT2D eigenvalue weighted by atomic mass is 9.75. The Labute approximate surface area is 197 Å². The highest BCUT2D eigenvalue weighted by Gasteiger charge is 2.34. The van der Waals surface area contributed by atoms with E-state index in [1.165, 1.54) is 5.56 Å². The second-order valence-electron chi connectivity index (χ2n) is 9.37. The van der Waals surface area contributed by atoms with E-state index in [0.717, 1.165) is 63.2 Å². The Balaban J connectivity index is 1.52. The number of amides is 1. The topological polar surface area (TPSA) is 62.2 Å². The maximum Gasteiger partial charge on any atom is 0.253 e. The van der Waals surface area contributed by atoms with Gasteiger partial charge in [-0.1, -0.05) is 24.6 Å². The summed E-state index contributed by atoms with van der Waals surface area (Å²) in [5.41, 5.74) is 1.85. The van der Waals surface area contributed by atoms with Crippen molar-refractivity contribution in [2.45, 2.75) is 38.6 Å². The van der Waals surface area contributed by atoms with E-state index in [1.54, 1.807) is 7.11 Å². The number of piperidine rings is 1. The summed E-state index contributed by atoms with van der Waals surface area (Å²) in [5, 5.41) is 10.2. The number of benzene rings is 2. The first-order chi connectivity index (χ1) is 16.1. The van der Waals surface area contributed by atoms with E-state index in [0.29, 0.717) is 25.3 Å². The summed E-state index contributed by atoms with van der Waals surface area (Å²) in [5.74, 6) is 1.65. The Morgan fingerprint density at radius 2 is 1.76 bits per heavy atom. The fourth-order valence-corrected chi connectivity index (χ4v) is 4.99. The van der Waals surface area contributed by atoms with Gasteiger partial charge in [0.1, 0.15) is 18.1 Å². The Bertz CT molecular complexity index is 907. The molecule has 2 aromatic rings. The van der Waals surface area contributed by atoms with Crippen LogP contribution in [0.1, 0.15) is 48.0 Å². The van der Waals surface area contributed by atoms with Crippen molar-refractivity contribution < 1.29 is 19.4 Å².